The zero-order valence-electron chi connectivity index (χ0n) is 15.4. The molecular weight excluding hydrogens is 389 g/mol. The number of benzene rings is 4. The van der Waals surface area contributed by atoms with E-state index in [9.17, 15) is 17.1 Å². The first kappa shape index (κ1) is 19.1. The smallest absolute Gasteiger partial charge is 0.332 e. The first-order valence-electron chi connectivity index (χ1n) is 9.16. The third-order valence-electron chi connectivity index (χ3n) is 4.94. The maximum absolute atomic E-state index is 13.0. The topological polar surface area (TPSA) is 63.2 Å². The summed E-state index contributed by atoms with van der Waals surface area (Å²) in [5.41, 5.74) is 1.44. The van der Waals surface area contributed by atoms with Crippen LogP contribution in [0.25, 0.3) is 21.5 Å². The summed E-state index contributed by atoms with van der Waals surface area (Å²) in [6.07, 6.45) is 0.643. The highest BCUT2D eigenvalue weighted by atomic mass is 32.3. The molecule has 4 rings (SSSR count). The summed E-state index contributed by atoms with van der Waals surface area (Å²) in [7, 11) is -4.77. The fraction of sp³-hybridized carbons (Fsp3) is 0.0870. The summed E-state index contributed by atoms with van der Waals surface area (Å²) < 4.78 is 34.8. The average molecular weight is 407 g/mol. The molecule has 29 heavy (non-hydrogen) atoms. The highest BCUT2D eigenvalue weighted by Gasteiger charge is 2.13. The van der Waals surface area contributed by atoms with Crippen molar-refractivity contribution in [2.24, 2.45) is 0 Å². The number of halogens is 1. The average Bonchev–Trinajstić information content (AvgIpc) is 2.72. The van der Waals surface area contributed by atoms with E-state index in [1.54, 1.807) is 0 Å². The van der Waals surface area contributed by atoms with Crippen LogP contribution in [0.3, 0.4) is 0 Å². The Balaban J connectivity index is 1.54. The predicted octanol–water partition coefficient (Wildman–Crippen LogP) is 4.62. The summed E-state index contributed by atoms with van der Waals surface area (Å²) in [6.45, 7) is 0.417. The van der Waals surface area contributed by atoms with Crippen molar-refractivity contribution in [3.63, 3.8) is 0 Å². The van der Waals surface area contributed by atoms with Crippen LogP contribution in [0.1, 0.15) is 15.9 Å². The number of fused-ring (bicyclic) bond motifs is 2. The molecule has 4 aromatic carbocycles. The Morgan fingerprint density at radius 2 is 1.38 bits per heavy atom. The number of amides is 1. The van der Waals surface area contributed by atoms with Crippen molar-refractivity contribution in [3.8, 4) is 0 Å². The Kier molecular flexibility index (Phi) is 5.03. The van der Waals surface area contributed by atoms with E-state index in [4.69, 9.17) is 0 Å². The molecule has 0 unspecified atom stereocenters. The molecule has 146 valence electrons. The van der Waals surface area contributed by atoms with E-state index in [1.807, 2.05) is 24.3 Å². The normalized spacial score (nSPS) is 11.6. The highest BCUT2D eigenvalue weighted by Crippen LogP contribution is 2.28. The molecule has 0 heterocycles. The molecule has 0 spiro atoms. The SMILES string of the molecule is O=C(NCCc1c2ccccc2cc2ccccc12)c1ccc(S(=O)(=O)F)cc1. The second-order valence-electron chi connectivity index (χ2n) is 6.77. The maximum Gasteiger partial charge on any atom is 0.332 e. The van der Waals surface area contributed by atoms with Crippen molar-refractivity contribution in [1.29, 1.82) is 0 Å². The molecule has 0 saturated heterocycles. The lowest BCUT2D eigenvalue weighted by molar-refractivity contribution is 0.0954. The van der Waals surface area contributed by atoms with Crippen LogP contribution in [0.2, 0.25) is 0 Å². The first-order valence-corrected chi connectivity index (χ1v) is 10.5. The van der Waals surface area contributed by atoms with Crippen molar-refractivity contribution >= 4 is 37.7 Å². The third kappa shape index (κ3) is 3.98. The molecule has 0 radical (unpaired) electrons. The molecule has 0 aliphatic carbocycles. The van der Waals surface area contributed by atoms with Crippen LogP contribution in [0.15, 0.2) is 83.8 Å². The van der Waals surface area contributed by atoms with E-state index in [-0.39, 0.29) is 11.5 Å². The Bertz CT molecular complexity index is 1260. The van der Waals surface area contributed by atoms with Crippen LogP contribution in [-0.2, 0) is 16.6 Å². The summed E-state index contributed by atoms with van der Waals surface area (Å²) in [5, 5.41) is 7.45. The van der Waals surface area contributed by atoms with Gasteiger partial charge in [0.1, 0.15) is 0 Å². The highest BCUT2D eigenvalue weighted by molar-refractivity contribution is 7.86. The molecule has 0 aliphatic rings. The standard InChI is InChI=1S/C23H18FNO3S/c24-29(27,28)19-11-9-16(10-12-19)23(26)25-14-13-22-20-7-3-1-5-17(20)15-18-6-2-4-8-21(18)22/h1-12,15H,13-14H2,(H,25,26). The van der Waals surface area contributed by atoms with Gasteiger partial charge in [-0.05, 0) is 63.9 Å². The molecule has 0 aromatic heterocycles. The van der Waals surface area contributed by atoms with Crippen LogP contribution in [0.4, 0.5) is 3.89 Å². The van der Waals surface area contributed by atoms with Crippen molar-refractivity contribution < 1.29 is 17.1 Å². The monoisotopic (exact) mass is 407 g/mol. The molecule has 0 bridgehead atoms. The van der Waals surface area contributed by atoms with Crippen LogP contribution in [0.5, 0.6) is 0 Å². The van der Waals surface area contributed by atoms with E-state index in [1.165, 1.54) is 12.1 Å². The van der Waals surface area contributed by atoms with Crippen molar-refractivity contribution in [2.75, 3.05) is 6.54 Å². The van der Waals surface area contributed by atoms with E-state index >= 15 is 0 Å². The van der Waals surface area contributed by atoms with Crippen molar-refractivity contribution in [2.45, 2.75) is 11.3 Å². The van der Waals surface area contributed by atoms with Crippen LogP contribution < -0.4 is 5.32 Å². The molecule has 4 aromatic rings. The van der Waals surface area contributed by atoms with Gasteiger partial charge in [0.25, 0.3) is 5.91 Å². The minimum Gasteiger partial charge on any atom is -0.352 e. The Labute approximate surface area is 168 Å². The minimum atomic E-state index is -4.77. The lowest BCUT2D eigenvalue weighted by Gasteiger charge is -2.12. The first-order chi connectivity index (χ1) is 13.9. The van der Waals surface area contributed by atoms with Gasteiger partial charge in [0.15, 0.2) is 0 Å². The van der Waals surface area contributed by atoms with E-state index in [0.29, 0.717) is 13.0 Å². The fourth-order valence-corrected chi connectivity index (χ4v) is 4.01. The Morgan fingerprint density at radius 3 is 1.93 bits per heavy atom. The maximum atomic E-state index is 13.0. The lowest BCUT2D eigenvalue weighted by atomic mass is 9.95. The molecule has 1 amide bonds. The van der Waals surface area contributed by atoms with Crippen molar-refractivity contribution in [1.82, 2.24) is 5.32 Å². The number of hydrogen-bond acceptors (Lipinski definition) is 3. The number of nitrogens with one attached hydrogen (secondary N) is 1. The molecule has 0 fully saturated rings. The van der Waals surface area contributed by atoms with Gasteiger partial charge in [-0.15, -0.1) is 3.89 Å². The minimum absolute atomic E-state index is 0.278. The number of carbonyl (C=O) groups is 1. The molecular formula is C23H18FNO3S. The summed E-state index contributed by atoms with van der Waals surface area (Å²) in [6, 6.07) is 23.2. The second kappa shape index (κ2) is 7.64. The van der Waals surface area contributed by atoms with Gasteiger partial charge in [-0.1, -0.05) is 48.5 Å². The molecule has 4 nitrogen and oxygen atoms in total. The van der Waals surface area contributed by atoms with Crippen molar-refractivity contribution in [3.05, 3.63) is 90.0 Å². The molecule has 0 saturated carbocycles. The van der Waals surface area contributed by atoms with Gasteiger partial charge in [-0.25, -0.2) is 0 Å². The van der Waals surface area contributed by atoms with Gasteiger partial charge in [0.2, 0.25) is 0 Å². The third-order valence-corrected chi connectivity index (χ3v) is 5.78. The largest absolute Gasteiger partial charge is 0.352 e. The zero-order chi connectivity index (χ0) is 20.4. The molecule has 1 N–H and O–H groups in total. The Morgan fingerprint density at radius 1 is 0.828 bits per heavy atom. The van der Waals surface area contributed by atoms with Crippen LogP contribution >= 0.6 is 0 Å². The lowest BCUT2D eigenvalue weighted by Crippen LogP contribution is -2.25. The van der Waals surface area contributed by atoms with Crippen LogP contribution in [0, 0.1) is 0 Å². The van der Waals surface area contributed by atoms with E-state index in [0.717, 1.165) is 39.2 Å². The number of rotatable bonds is 5. The molecule has 0 atom stereocenters. The second-order valence-corrected chi connectivity index (χ2v) is 8.11. The van der Waals surface area contributed by atoms with Gasteiger partial charge in [0, 0.05) is 12.1 Å². The van der Waals surface area contributed by atoms with Gasteiger partial charge in [-0.2, -0.15) is 8.42 Å². The van der Waals surface area contributed by atoms with Gasteiger partial charge < -0.3 is 5.32 Å². The Hall–Kier alpha value is -3.25. The van der Waals surface area contributed by atoms with Gasteiger partial charge in [0.05, 0.1) is 4.90 Å². The van der Waals surface area contributed by atoms with E-state index < -0.39 is 15.1 Å². The summed E-state index contributed by atoms with van der Waals surface area (Å²) in [5.74, 6) is -0.336. The quantitative estimate of drug-likeness (QED) is 0.388. The fourth-order valence-electron chi connectivity index (χ4n) is 3.55. The molecule has 6 heteroatoms. The number of carbonyl (C=O) groups excluding carboxylic acids is 1. The van der Waals surface area contributed by atoms with Gasteiger partial charge in [-0.3, -0.25) is 4.79 Å². The van der Waals surface area contributed by atoms with Gasteiger partial charge >= 0.3 is 10.2 Å². The van der Waals surface area contributed by atoms with Crippen LogP contribution in [-0.4, -0.2) is 20.9 Å². The zero-order valence-corrected chi connectivity index (χ0v) is 16.2. The predicted molar refractivity (Wildman–Crippen MR) is 112 cm³/mol. The summed E-state index contributed by atoms with van der Waals surface area (Å²) in [4.78, 5) is 11.9. The molecule has 0 aliphatic heterocycles. The van der Waals surface area contributed by atoms with E-state index in [2.05, 4.69) is 35.6 Å². The summed E-state index contributed by atoms with van der Waals surface area (Å²) >= 11 is 0. The number of hydrogen-bond donors (Lipinski definition) is 1.